The third kappa shape index (κ3) is 3.18. The molecule has 0 aliphatic carbocycles. The maximum absolute atomic E-state index is 13.5. The largest absolute Gasteiger partial charge is 0.378 e. The number of nitrogens with one attached hydrogen (secondary N) is 1. The van der Waals surface area contributed by atoms with Gasteiger partial charge < -0.3 is 4.74 Å². The van der Waals surface area contributed by atoms with Gasteiger partial charge in [-0.25, -0.2) is 10.4 Å². The minimum Gasteiger partial charge on any atom is -0.378 e. The molecule has 3 heterocycles. The van der Waals surface area contributed by atoms with Crippen LogP contribution in [-0.4, -0.2) is 34.8 Å². The van der Waals surface area contributed by atoms with E-state index in [-0.39, 0.29) is 5.91 Å². The standard InChI is InChI=1S/C20H18Cl2N4O2/c1-12-17(20(27)25-8-4-7-15(25)11-28-2)18(13-5-3-6-14(21)9-13)26-19(24-12)16(22)10-23-26/h3-9,23H,10-11H2,1-2H3. The third-order valence-electron chi connectivity index (χ3n) is 4.60. The van der Waals surface area contributed by atoms with Crippen molar-refractivity contribution in [2.75, 3.05) is 13.7 Å². The predicted molar refractivity (Wildman–Crippen MR) is 110 cm³/mol. The van der Waals surface area contributed by atoms with Crippen molar-refractivity contribution in [1.82, 2.24) is 15.0 Å². The highest BCUT2D eigenvalue weighted by Crippen LogP contribution is 2.37. The molecule has 8 heteroatoms. The molecule has 0 radical (unpaired) electrons. The van der Waals surface area contributed by atoms with Gasteiger partial charge in [-0.05, 0) is 31.2 Å². The van der Waals surface area contributed by atoms with Crippen LogP contribution in [0.1, 0.15) is 23.0 Å². The summed E-state index contributed by atoms with van der Waals surface area (Å²) in [7, 11) is 1.60. The Labute approximate surface area is 172 Å². The number of carbonyl (C=O) groups is 1. The van der Waals surface area contributed by atoms with E-state index in [0.29, 0.717) is 46.0 Å². The van der Waals surface area contributed by atoms with Crippen molar-refractivity contribution in [1.29, 1.82) is 0 Å². The molecular weight excluding hydrogens is 399 g/mol. The number of benzene rings is 1. The topological polar surface area (TPSA) is 58.9 Å². The molecule has 2 aliphatic rings. The molecule has 4 rings (SSSR count). The molecular formula is C20H18Cl2N4O2. The normalized spacial score (nSPS) is 16.6. The van der Waals surface area contributed by atoms with Crippen molar-refractivity contribution in [2.24, 2.45) is 4.99 Å². The van der Waals surface area contributed by atoms with Gasteiger partial charge in [-0.3, -0.25) is 14.4 Å². The lowest BCUT2D eigenvalue weighted by Crippen LogP contribution is -2.36. The number of halogens is 2. The first kappa shape index (κ1) is 19.0. The Morgan fingerprint density at radius 1 is 1.29 bits per heavy atom. The lowest BCUT2D eigenvalue weighted by atomic mass is 10.00. The summed E-state index contributed by atoms with van der Waals surface area (Å²) >= 11 is 12.6. The van der Waals surface area contributed by atoms with Crippen LogP contribution >= 0.6 is 23.2 Å². The molecule has 0 fully saturated rings. The van der Waals surface area contributed by atoms with E-state index in [0.717, 1.165) is 11.3 Å². The monoisotopic (exact) mass is 416 g/mol. The molecule has 0 spiro atoms. The highest BCUT2D eigenvalue weighted by molar-refractivity contribution is 6.32. The summed E-state index contributed by atoms with van der Waals surface area (Å²) in [5.74, 6) is 0.396. The van der Waals surface area contributed by atoms with E-state index in [1.165, 1.54) is 0 Å². The molecule has 1 N–H and O–H groups in total. The number of nitrogens with zero attached hydrogens (tertiary/aromatic N) is 3. The zero-order valence-corrected chi connectivity index (χ0v) is 16.9. The number of ether oxygens (including phenoxy) is 1. The van der Waals surface area contributed by atoms with Gasteiger partial charge in [0, 0.05) is 23.9 Å². The molecule has 144 valence electrons. The number of hydrogen-bond donors (Lipinski definition) is 1. The maximum Gasteiger partial charge on any atom is 0.266 e. The molecule has 1 aromatic carbocycles. The lowest BCUT2D eigenvalue weighted by molar-refractivity contribution is 0.0945. The Morgan fingerprint density at radius 2 is 2.11 bits per heavy atom. The van der Waals surface area contributed by atoms with Gasteiger partial charge in [0.25, 0.3) is 5.91 Å². The summed E-state index contributed by atoms with van der Waals surface area (Å²) in [6.07, 6.45) is 1.72. The van der Waals surface area contributed by atoms with E-state index in [4.69, 9.17) is 27.9 Å². The number of hydrazine groups is 1. The van der Waals surface area contributed by atoms with Gasteiger partial charge in [0.1, 0.15) is 0 Å². The van der Waals surface area contributed by atoms with Crippen LogP contribution in [0.5, 0.6) is 0 Å². The Morgan fingerprint density at radius 3 is 2.86 bits per heavy atom. The number of allylic oxidation sites excluding steroid dienone is 1. The van der Waals surface area contributed by atoms with Crippen LogP contribution in [0.3, 0.4) is 0 Å². The van der Waals surface area contributed by atoms with Gasteiger partial charge in [-0.15, -0.1) is 0 Å². The fraction of sp³-hybridized carbons (Fsp3) is 0.200. The quantitative estimate of drug-likeness (QED) is 0.816. The van der Waals surface area contributed by atoms with E-state index < -0.39 is 0 Å². The number of carbonyl (C=O) groups excluding carboxylic acids is 1. The van der Waals surface area contributed by atoms with E-state index in [1.807, 2.05) is 37.3 Å². The third-order valence-corrected chi connectivity index (χ3v) is 5.14. The Bertz CT molecular complexity index is 1050. The highest BCUT2D eigenvalue weighted by atomic mass is 35.5. The van der Waals surface area contributed by atoms with Gasteiger partial charge in [0.15, 0.2) is 5.82 Å². The van der Waals surface area contributed by atoms with Crippen molar-refractivity contribution in [2.45, 2.75) is 13.5 Å². The molecule has 6 nitrogen and oxygen atoms in total. The molecule has 0 saturated carbocycles. The van der Waals surface area contributed by atoms with Crippen LogP contribution < -0.4 is 5.43 Å². The molecule has 1 aromatic heterocycles. The number of rotatable bonds is 4. The van der Waals surface area contributed by atoms with Crippen LogP contribution in [0.4, 0.5) is 0 Å². The number of fused-ring (bicyclic) bond motifs is 1. The summed E-state index contributed by atoms with van der Waals surface area (Å²) < 4.78 is 6.80. The first-order valence-corrected chi connectivity index (χ1v) is 9.45. The van der Waals surface area contributed by atoms with Crippen LogP contribution in [0.25, 0.3) is 5.70 Å². The molecule has 2 aromatic rings. The fourth-order valence-electron chi connectivity index (χ4n) is 3.38. The van der Waals surface area contributed by atoms with Gasteiger partial charge in [0.05, 0.1) is 40.9 Å². The maximum atomic E-state index is 13.5. The Balaban J connectivity index is 1.93. The molecule has 0 atom stereocenters. The molecule has 0 amide bonds. The first-order valence-electron chi connectivity index (χ1n) is 8.69. The summed E-state index contributed by atoms with van der Waals surface area (Å²) in [4.78, 5) is 18.1. The average molecular weight is 417 g/mol. The summed E-state index contributed by atoms with van der Waals surface area (Å²) in [6.45, 7) is 2.58. The minimum atomic E-state index is -0.197. The first-order chi connectivity index (χ1) is 13.5. The number of hydrogen-bond acceptors (Lipinski definition) is 5. The average Bonchev–Trinajstić information content (AvgIpc) is 3.28. The zero-order valence-electron chi connectivity index (χ0n) is 15.4. The second kappa shape index (κ2) is 7.56. The van der Waals surface area contributed by atoms with Crippen molar-refractivity contribution >= 4 is 40.5 Å². The second-order valence-electron chi connectivity index (χ2n) is 6.44. The highest BCUT2D eigenvalue weighted by Gasteiger charge is 2.35. The number of aromatic nitrogens is 1. The zero-order chi connectivity index (χ0) is 19.8. The molecule has 0 bridgehead atoms. The summed E-state index contributed by atoms with van der Waals surface area (Å²) in [6, 6.07) is 11.0. The van der Waals surface area contributed by atoms with E-state index in [2.05, 4.69) is 10.4 Å². The fourth-order valence-corrected chi connectivity index (χ4v) is 3.76. The lowest BCUT2D eigenvalue weighted by Gasteiger charge is -2.30. The predicted octanol–water partition coefficient (Wildman–Crippen LogP) is 4.04. The van der Waals surface area contributed by atoms with Gasteiger partial charge in [-0.2, -0.15) is 0 Å². The Hall–Kier alpha value is -2.38. The molecule has 2 aliphatic heterocycles. The SMILES string of the molecule is COCc1cccn1C(=O)C1=C(c2cccc(Cl)c2)N2NCC(Cl)=C2N=C1C. The van der Waals surface area contributed by atoms with Gasteiger partial charge in [0.2, 0.25) is 0 Å². The van der Waals surface area contributed by atoms with Gasteiger partial charge in [-0.1, -0.05) is 35.3 Å². The van der Waals surface area contributed by atoms with Crippen molar-refractivity contribution in [3.8, 4) is 0 Å². The molecule has 0 saturated heterocycles. The van der Waals surface area contributed by atoms with Gasteiger partial charge >= 0.3 is 0 Å². The smallest absolute Gasteiger partial charge is 0.266 e. The van der Waals surface area contributed by atoms with Crippen molar-refractivity contribution in [3.05, 3.63) is 75.3 Å². The molecule has 28 heavy (non-hydrogen) atoms. The molecule has 0 unspecified atom stereocenters. The summed E-state index contributed by atoms with van der Waals surface area (Å²) in [5, 5.41) is 2.92. The Kier molecular flexibility index (Phi) is 5.12. The van der Waals surface area contributed by atoms with E-state index in [1.54, 1.807) is 28.9 Å². The van der Waals surface area contributed by atoms with E-state index in [9.17, 15) is 4.79 Å². The van der Waals surface area contributed by atoms with Crippen molar-refractivity contribution in [3.63, 3.8) is 0 Å². The van der Waals surface area contributed by atoms with E-state index >= 15 is 0 Å². The number of aliphatic imine (C=N–C) groups is 1. The minimum absolute atomic E-state index is 0.197. The second-order valence-corrected chi connectivity index (χ2v) is 7.33. The van der Waals surface area contributed by atoms with Crippen LogP contribution in [0.2, 0.25) is 5.02 Å². The number of methoxy groups -OCH3 is 1. The van der Waals surface area contributed by atoms with Crippen molar-refractivity contribution < 1.29 is 9.53 Å². The van der Waals surface area contributed by atoms with Crippen LogP contribution in [0.15, 0.2) is 64.0 Å². The van der Waals surface area contributed by atoms with Crippen LogP contribution in [-0.2, 0) is 11.3 Å². The summed E-state index contributed by atoms with van der Waals surface area (Å²) in [5.41, 5.74) is 6.48. The van der Waals surface area contributed by atoms with Crippen LogP contribution in [0, 0.1) is 0 Å².